The minimum absolute atomic E-state index is 0. The Morgan fingerprint density at radius 2 is 1.81 bits per heavy atom. The van der Waals surface area contributed by atoms with Gasteiger partial charge in [0.2, 0.25) is 5.91 Å². The van der Waals surface area contributed by atoms with Crippen LogP contribution in [0.5, 0.6) is 0 Å². The van der Waals surface area contributed by atoms with Crippen LogP contribution >= 0.6 is 12.4 Å². The van der Waals surface area contributed by atoms with Gasteiger partial charge >= 0.3 is 0 Å². The van der Waals surface area contributed by atoms with Gasteiger partial charge in [0.15, 0.2) is 0 Å². The average molecular weight is 321 g/mol. The van der Waals surface area contributed by atoms with E-state index in [0.29, 0.717) is 19.5 Å². The van der Waals surface area contributed by atoms with E-state index in [-0.39, 0.29) is 29.6 Å². The maximum Gasteiger partial charge on any atom is 0.220 e. The number of hydrogen-bond acceptors (Lipinski definition) is 3. The van der Waals surface area contributed by atoms with Gasteiger partial charge in [-0.3, -0.25) is 4.79 Å². The average Bonchev–Trinajstić information content (AvgIpc) is 2.47. The molecule has 1 aliphatic rings. The number of aliphatic hydroxyl groups is 1. The first-order chi connectivity index (χ1) is 9.56. The Morgan fingerprint density at radius 1 is 1.24 bits per heavy atom. The van der Waals surface area contributed by atoms with Crippen molar-refractivity contribution in [1.82, 2.24) is 5.32 Å². The fraction of sp³-hybridized carbons (Fsp3) is 0.938. The molecule has 1 amide bonds. The van der Waals surface area contributed by atoms with Crippen LogP contribution in [0.4, 0.5) is 0 Å². The van der Waals surface area contributed by atoms with E-state index in [4.69, 9.17) is 5.73 Å². The zero-order valence-electron chi connectivity index (χ0n) is 13.6. The number of carbonyl (C=O) groups excluding carboxylic acids is 1. The highest BCUT2D eigenvalue weighted by atomic mass is 35.5. The third-order valence-electron chi connectivity index (χ3n) is 4.98. The standard InChI is InChI=1S/C16H32N2O2.ClH/c1-3-13(4-2)14(19)11-18-15(20)10-16(12-17)8-6-5-7-9-16;/h13-14,19H,3-12,17H2,1-2H3,(H,18,20);1H. The van der Waals surface area contributed by atoms with Gasteiger partial charge in [0.05, 0.1) is 6.10 Å². The first-order valence-corrected chi connectivity index (χ1v) is 8.21. The van der Waals surface area contributed by atoms with Crippen LogP contribution in [0.15, 0.2) is 0 Å². The lowest BCUT2D eigenvalue weighted by Gasteiger charge is -2.35. The molecule has 0 aromatic heterocycles. The summed E-state index contributed by atoms with van der Waals surface area (Å²) in [4.78, 5) is 12.1. The first kappa shape index (κ1) is 20.7. The van der Waals surface area contributed by atoms with Crippen molar-refractivity contribution in [1.29, 1.82) is 0 Å². The number of halogens is 1. The van der Waals surface area contributed by atoms with Gasteiger partial charge in [-0.25, -0.2) is 0 Å². The predicted octanol–water partition coefficient (Wildman–Crippen LogP) is 2.62. The van der Waals surface area contributed by atoms with Crippen LogP contribution in [-0.2, 0) is 4.79 Å². The number of carbonyl (C=O) groups is 1. The van der Waals surface area contributed by atoms with E-state index >= 15 is 0 Å². The number of nitrogens with two attached hydrogens (primary N) is 1. The summed E-state index contributed by atoms with van der Waals surface area (Å²) in [5, 5.41) is 12.9. The number of hydrogen-bond donors (Lipinski definition) is 3. The summed E-state index contributed by atoms with van der Waals surface area (Å²) < 4.78 is 0. The molecule has 0 bridgehead atoms. The molecule has 5 heteroatoms. The van der Waals surface area contributed by atoms with Crippen LogP contribution in [0.3, 0.4) is 0 Å². The fourth-order valence-electron chi connectivity index (χ4n) is 3.38. The van der Waals surface area contributed by atoms with Gasteiger partial charge in [-0.05, 0) is 30.7 Å². The van der Waals surface area contributed by atoms with Crippen LogP contribution in [0.25, 0.3) is 0 Å². The minimum Gasteiger partial charge on any atom is -0.391 e. The van der Waals surface area contributed by atoms with Gasteiger partial charge in [-0.2, -0.15) is 0 Å². The Labute approximate surface area is 135 Å². The van der Waals surface area contributed by atoms with Crippen molar-refractivity contribution >= 4 is 18.3 Å². The van der Waals surface area contributed by atoms with Crippen molar-refractivity contribution in [3.63, 3.8) is 0 Å². The molecule has 0 saturated heterocycles. The zero-order valence-corrected chi connectivity index (χ0v) is 14.4. The molecule has 0 aromatic rings. The van der Waals surface area contributed by atoms with Crippen molar-refractivity contribution in [2.45, 2.75) is 71.3 Å². The van der Waals surface area contributed by atoms with Gasteiger partial charge in [-0.15, -0.1) is 12.4 Å². The van der Waals surface area contributed by atoms with Crippen molar-refractivity contribution < 1.29 is 9.90 Å². The molecule has 1 unspecified atom stereocenters. The highest BCUT2D eigenvalue weighted by molar-refractivity contribution is 5.85. The molecule has 4 N–H and O–H groups in total. The molecule has 1 saturated carbocycles. The van der Waals surface area contributed by atoms with E-state index in [9.17, 15) is 9.90 Å². The topological polar surface area (TPSA) is 75.3 Å². The predicted molar refractivity (Wildman–Crippen MR) is 89.5 cm³/mol. The molecule has 0 spiro atoms. The van der Waals surface area contributed by atoms with Crippen molar-refractivity contribution in [2.75, 3.05) is 13.1 Å². The highest BCUT2D eigenvalue weighted by Gasteiger charge is 2.33. The molecule has 0 aliphatic heterocycles. The summed E-state index contributed by atoms with van der Waals surface area (Å²) in [6.07, 6.45) is 7.71. The molecule has 21 heavy (non-hydrogen) atoms. The second-order valence-corrected chi connectivity index (χ2v) is 6.39. The van der Waals surface area contributed by atoms with Crippen molar-refractivity contribution in [3.05, 3.63) is 0 Å². The van der Waals surface area contributed by atoms with Gasteiger partial charge in [0.25, 0.3) is 0 Å². The van der Waals surface area contributed by atoms with E-state index in [0.717, 1.165) is 25.7 Å². The second kappa shape index (κ2) is 10.4. The monoisotopic (exact) mass is 320 g/mol. The lowest BCUT2D eigenvalue weighted by molar-refractivity contribution is -0.124. The Hall–Kier alpha value is -0.320. The summed E-state index contributed by atoms with van der Waals surface area (Å²) >= 11 is 0. The van der Waals surface area contributed by atoms with Crippen molar-refractivity contribution in [2.24, 2.45) is 17.1 Å². The largest absolute Gasteiger partial charge is 0.391 e. The summed E-state index contributed by atoms with van der Waals surface area (Å²) in [7, 11) is 0. The maximum atomic E-state index is 12.1. The molecule has 4 nitrogen and oxygen atoms in total. The maximum absolute atomic E-state index is 12.1. The number of nitrogens with one attached hydrogen (secondary N) is 1. The smallest absolute Gasteiger partial charge is 0.220 e. The summed E-state index contributed by atoms with van der Waals surface area (Å²) in [6.45, 7) is 5.11. The molecule has 1 atom stereocenters. The molecule has 1 rings (SSSR count). The second-order valence-electron chi connectivity index (χ2n) is 6.39. The fourth-order valence-corrected chi connectivity index (χ4v) is 3.38. The third-order valence-corrected chi connectivity index (χ3v) is 4.98. The van der Waals surface area contributed by atoms with Gasteiger partial charge in [0, 0.05) is 13.0 Å². The summed E-state index contributed by atoms with van der Waals surface area (Å²) in [5.41, 5.74) is 5.91. The minimum atomic E-state index is -0.436. The number of aliphatic hydroxyl groups excluding tert-OH is 1. The molecule has 0 heterocycles. The molecular weight excluding hydrogens is 288 g/mol. The lowest BCUT2D eigenvalue weighted by atomic mass is 9.71. The molecular formula is C16H33ClN2O2. The highest BCUT2D eigenvalue weighted by Crippen LogP contribution is 2.38. The van der Waals surface area contributed by atoms with Gasteiger partial charge in [0.1, 0.15) is 0 Å². The van der Waals surface area contributed by atoms with Gasteiger partial charge < -0.3 is 16.2 Å². The zero-order chi connectivity index (χ0) is 15.0. The molecule has 0 aromatic carbocycles. The van der Waals surface area contributed by atoms with Crippen LogP contribution in [0.2, 0.25) is 0 Å². The van der Waals surface area contributed by atoms with Crippen molar-refractivity contribution in [3.8, 4) is 0 Å². The van der Waals surface area contributed by atoms with E-state index in [1.54, 1.807) is 0 Å². The lowest BCUT2D eigenvalue weighted by Crippen LogP contribution is -2.41. The quantitative estimate of drug-likeness (QED) is 0.643. The SMILES string of the molecule is CCC(CC)C(O)CNC(=O)CC1(CN)CCCCC1.Cl. The van der Waals surface area contributed by atoms with Gasteiger partial charge in [-0.1, -0.05) is 46.0 Å². The first-order valence-electron chi connectivity index (χ1n) is 8.21. The third kappa shape index (κ3) is 6.54. The number of rotatable bonds is 8. The van der Waals surface area contributed by atoms with E-state index in [1.165, 1.54) is 19.3 Å². The van der Waals surface area contributed by atoms with E-state index in [1.807, 2.05) is 0 Å². The Balaban J connectivity index is 0.00000400. The molecule has 126 valence electrons. The van der Waals surface area contributed by atoms with E-state index < -0.39 is 6.10 Å². The van der Waals surface area contributed by atoms with Crippen LogP contribution in [0.1, 0.15) is 65.2 Å². The van der Waals surface area contributed by atoms with Crippen LogP contribution in [-0.4, -0.2) is 30.2 Å². The molecule has 1 aliphatic carbocycles. The molecule has 1 fully saturated rings. The molecule has 0 radical (unpaired) electrons. The normalized spacial score (nSPS) is 18.9. The Kier molecular flexibility index (Phi) is 10.3. The van der Waals surface area contributed by atoms with E-state index in [2.05, 4.69) is 19.2 Å². The summed E-state index contributed by atoms with van der Waals surface area (Å²) in [5.74, 6) is 0.316. The summed E-state index contributed by atoms with van der Waals surface area (Å²) in [6, 6.07) is 0. The number of amides is 1. The Bertz CT molecular complexity index is 290. The van der Waals surface area contributed by atoms with Crippen LogP contribution < -0.4 is 11.1 Å². The van der Waals surface area contributed by atoms with Crippen LogP contribution in [0, 0.1) is 11.3 Å². The Morgan fingerprint density at radius 3 is 2.29 bits per heavy atom.